The average Bonchev–Trinajstić information content (AvgIpc) is 2.49. The van der Waals surface area contributed by atoms with Gasteiger partial charge in [-0.05, 0) is 56.5 Å². The summed E-state index contributed by atoms with van der Waals surface area (Å²) in [6.45, 7) is 3.89. The number of ether oxygens (including phenoxy) is 1. The number of carbonyl (C=O) groups is 1. The highest BCUT2D eigenvalue weighted by Gasteiger charge is 2.39. The van der Waals surface area contributed by atoms with E-state index in [0.717, 1.165) is 31.5 Å². The van der Waals surface area contributed by atoms with Crippen LogP contribution in [0.25, 0.3) is 0 Å². The lowest BCUT2D eigenvalue weighted by atomic mass is 9.90. The second-order valence-electron chi connectivity index (χ2n) is 5.16. The molecular formula is C15H19F3N2O2. The van der Waals surface area contributed by atoms with E-state index in [9.17, 15) is 18.0 Å². The molecule has 1 aromatic carbocycles. The van der Waals surface area contributed by atoms with Crippen LogP contribution in [0, 0.1) is 0 Å². The van der Waals surface area contributed by atoms with Crippen LogP contribution < -0.4 is 15.4 Å². The van der Waals surface area contributed by atoms with Gasteiger partial charge in [-0.2, -0.15) is 13.2 Å². The number of benzene rings is 1. The zero-order chi connectivity index (χ0) is 16.2. The fraction of sp³-hybridized carbons (Fsp3) is 0.533. The van der Waals surface area contributed by atoms with Crippen LogP contribution in [0.3, 0.4) is 0 Å². The Balaban J connectivity index is 2.21. The van der Waals surface area contributed by atoms with E-state index in [1.807, 2.05) is 5.32 Å². The molecule has 0 spiro atoms. The number of anilines is 1. The number of piperidine rings is 1. The molecule has 1 amide bonds. The molecule has 122 valence electrons. The third-order valence-corrected chi connectivity index (χ3v) is 3.62. The number of halogens is 3. The van der Waals surface area contributed by atoms with Gasteiger partial charge in [0, 0.05) is 0 Å². The molecule has 1 saturated heterocycles. The van der Waals surface area contributed by atoms with Crippen molar-refractivity contribution in [3.63, 3.8) is 0 Å². The number of carbonyl (C=O) groups excluding carboxylic acids is 1. The van der Waals surface area contributed by atoms with Crippen LogP contribution in [0.4, 0.5) is 18.9 Å². The molecular weight excluding hydrogens is 297 g/mol. The van der Waals surface area contributed by atoms with Crippen molar-refractivity contribution >= 4 is 11.6 Å². The molecule has 22 heavy (non-hydrogen) atoms. The molecule has 1 fully saturated rings. The molecule has 1 aliphatic heterocycles. The van der Waals surface area contributed by atoms with E-state index in [1.54, 1.807) is 19.1 Å². The fourth-order valence-corrected chi connectivity index (χ4v) is 2.52. The van der Waals surface area contributed by atoms with Crippen LogP contribution in [0.15, 0.2) is 18.2 Å². The molecule has 0 aliphatic carbocycles. The van der Waals surface area contributed by atoms with Crippen LogP contribution in [-0.2, 0) is 4.79 Å². The lowest BCUT2D eigenvalue weighted by Crippen LogP contribution is -2.30. The van der Waals surface area contributed by atoms with Crippen molar-refractivity contribution < 1.29 is 22.7 Å². The van der Waals surface area contributed by atoms with Crippen LogP contribution in [0.1, 0.15) is 31.2 Å². The average molecular weight is 316 g/mol. The zero-order valence-electron chi connectivity index (χ0n) is 12.3. The maximum atomic E-state index is 12.4. The van der Waals surface area contributed by atoms with Crippen LogP contribution in [-0.4, -0.2) is 31.8 Å². The summed E-state index contributed by atoms with van der Waals surface area (Å²) in [5.41, 5.74) is 1.07. The molecule has 1 aliphatic rings. The van der Waals surface area contributed by atoms with Gasteiger partial charge in [-0.1, -0.05) is 6.07 Å². The zero-order valence-corrected chi connectivity index (χ0v) is 12.3. The van der Waals surface area contributed by atoms with Gasteiger partial charge in [0.1, 0.15) is 5.75 Å². The minimum atomic E-state index is -4.92. The van der Waals surface area contributed by atoms with E-state index in [4.69, 9.17) is 4.74 Å². The Morgan fingerprint density at radius 1 is 1.36 bits per heavy atom. The molecule has 1 aromatic rings. The van der Waals surface area contributed by atoms with Gasteiger partial charge in [0.25, 0.3) is 0 Å². The van der Waals surface area contributed by atoms with Crippen molar-refractivity contribution in [2.45, 2.75) is 31.9 Å². The summed E-state index contributed by atoms with van der Waals surface area (Å²) < 4.78 is 42.5. The smallest absolute Gasteiger partial charge is 0.471 e. The maximum absolute atomic E-state index is 12.4. The Morgan fingerprint density at radius 3 is 2.64 bits per heavy atom. The summed E-state index contributed by atoms with van der Waals surface area (Å²) in [4.78, 5) is 11.1. The lowest BCUT2D eigenvalue weighted by Gasteiger charge is -2.24. The minimum absolute atomic E-state index is 0.0434. The number of rotatable bonds is 4. The Morgan fingerprint density at radius 2 is 2.05 bits per heavy atom. The molecule has 0 aromatic heterocycles. The second-order valence-corrected chi connectivity index (χ2v) is 5.16. The molecule has 0 radical (unpaired) electrons. The summed E-state index contributed by atoms with van der Waals surface area (Å²) in [6, 6.07) is 4.96. The van der Waals surface area contributed by atoms with Gasteiger partial charge >= 0.3 is 12.1 Å². The molecule has 1 heterocycles. The molecule has 0 atom stereocenters. The third kappa shape index (κ3) is 4.13. The largest absolute Gasteiger partial charge is 0.492 e. The predicted molar refractivity (Wildman–Crippen MR) is 77.1 cm³/mol. The highest BCUT2D eigenvalue weighted by molar-refractivity contribution is 5.96. The number of hydrogen-bond acceptors (Lipinski definition) is 3. The van der Waals surface area contributed by atoms with E-state index >= 15 is 0 Å². The Hall–Kier alpha value is -1.76. The molecule has 2 N–H and O–H groups in total. The van der Waals surface area contributed by atoms with Crippen molar-refractivity contribution in [3.05, 3.63) is 23.8 Å². The SMILES string of the molecule is CCOc1cc(C2CCNCC2)ccc1NC(=O)C(F)(F)F. The van der Waals surface area contributed by atoms with Gasteiger partial charge < -0.3 is 15.4 Å². The van der Waals surface area contributed by atoms with Crippen LogP contribution in [0.2, 0.25) is 0 Å². The summed E-state index contributed by atoms with van der Waals surface area (Å²) >= 11 is 0. The predicted octanol–water partition coefficient (Wildman–Crippen LogP) is 3.05. The summed E-state index contributed by atoms with van der Waals surface area (Å²) in [5, 5.41) is 5.13. The summed E-state index contributed by atoms with van der Waals surface area (Å²) in [7, 11) is 0. The second kappa shape index (κ2) is 7.00. The molecule has 0 unspecified atom stereocenters. The van der Waals surface area contributed by atoms with Crippen molar-refractivity contribution in [1.29, 1.82) is 0 Å². The van der Waals surface area contributed by atoms with Crippen molar-refractivity contribution in [3.8, 4) is 5.75 Å². The van der Waals surface area contributed by atoms with Gasteiger partial charge in [0.2, 0.25) is 0 Å². The first kappa shape index (κ1) is 16.6. The van der Waals surface area contributed by atoms with E-state index in [1.165, 1.54) is 6.07 Å². The number of hydrogen-bond donors (Lipinski definition) is 2. The van der Waals surface area contributed by atoms with E-state index < -0.39 is 12.1 Å². The Bertz CT molecular complexity index is 526. The normalized spacial score (nSPS) is 16.4. The quantitative estimate of drug-likeness (QED) is 0.897. The van der Waals surface area contributed by atoms with Crippen molar-refractivity contribution in [2.24, 2.45) is 0 Å². The molecule has 0 saturated carbocycles. The molecule has 4 nitrogen and oxygen atoms in total. The van der Waals surface area contributed by atoms with Crippen LogP contribution >= 0.6 is 0 Å². The van der Waals surface area contributed by atoms with Gasteiger partial charge in [-0.15, -0.1) is 0 Å². The lowest BCUT2D eigenvalue weighted by molar-refractivity contribution is -0.167. The van der Waals surface area contributed by atoms with Crippen molar-refractivity contribution in [1.82, 2.24) is 5.32 Å². The standard InChI is InChI=1S/C15H19F3N2O2/c1-2-22-13-9-11(10-5-7-19-8-6-10)3-4-12(13)20-14(21)15(16,17)18/h3-4,9-10,19H,2,5-8H2,1H3,(H,20,21). The maximum Gasteiger partial charge on any atom is 0.471 e. The monoisotopic (exact) mass is 316 g/mol. The molecule has 0 bridgehead atoms. The first-order chi connectivity index (χ1) is 10.4. The summed E-state index contributed by atoms with van der Waals surface area (Å²) in [5.74, 6) is -1.37. The first-order valence-electron chi connectivity index (χ1n) is 7.27. The third-order valence-electron chi connectivity index (χ3n) is 3.62. The number of nitrogens with one attached hydrogen (secondary N) is 2. The Kier molecular flexibility index (Phi) is 5.28. The van der Waals surface area contributed by atoms with Gasteiger partial charge in [-0.25, -0.2) is 0 Å². The van der Waals surface area contributed by atoms with Crippen molar-refractivity contribution in [2.75, 3.05) is 25.0 Å². The van der Waals surface area contributed by atoms with Gasteiger partial charge in [-0.3, -0.25) is 4.79 Å². The van der Waals surface area contributed by atoms with Gasteiger partial charge in [0.15, 0.2) is 0 Å². The fourth-order valence-electron chi connectivity index (χ4n) is 2.52. The van der Waals surface area contributed by atoms with E-state index in [0.29, 0.717) is 12.5 Å². The summed E-state index contributed by atoms with van der Waals surface area (Å²) in [6.07, 6.45) is -2.98. The Labute approximate surface area is 127 Å². The van der Waals surface area contributed by atoms with E-state index in [2.05, 4.69) is 5.32 Å². The number of alkyl halides is 3. The highest BCUT2D eigenvalue weighted by Crippen LogP contribution is 2.33. The minimum Gasteiger partial charge on any atom is -0.492 e. The topological polar surface area (TPSA) is 50.4 Å². The number of amides is 1. The van der Waals surface area contributed by atoms with E-state index in [-0.39, 0.29) is 11.4 Å². The highest BCUT2D eigenvalue weighted by atomic mass is 19.4. The molecule has 2 rings (SSSR count). The van der Waals surface area contributed by atoms with Crippen LogP contribution in [0.5, 0.6) is 5.75 Å². The molecule has 7 heteroatoms. The van der Waals surface area contributed by atoms with Gasteiger partial charge in [0.05, 0.1) is 12.3 Å². The first-order valence-corrected chi connectivity index (χ1v) is 7.27.